The first-order chi connectivity index (χ1) is 18.7. The number of carbonyl (C=O) groups excluding carboxylic acids is 2. The van der Waals surface area contributed by atoms with Crippen molar-refractivity contribution >= 4 is 34.2 Å². The Morgan fingerprint density at radius 2 is 1.67 bits per heavy atom. The number of carbonyl (C=O) groups is 2. The molecular formula is C30H35N5O4. The summed E-state index contributed by atoms with van der Waals surface area (Å²) in [6.45, 7) is 6.54. The summed E-state index contributed by atoms with van der Waals surface area (Å²) in [6.07, 6.45) is 0. The molecular weight excluding hydrogens is 494 g/mol. The monoisotopic (exact) mass is 529 g/mol. The summed E-state index contributed by atoms with van der Waals surface area (Å²) in [5.74, 6) is 0.879. The topological polar surface area (TPSA) is 97.7 Å². The number of anilines is 2. The standard InChI is InChI=1S/C30H35N5O4/c1-30(2,3)26-19-27(35(33-26)22-13-15-23(39-5)16-14-22)32-28(36)20-34(17-18-38-4)29(37)31-25-12-8-10-21-9-6-7-11-24(21)25/h6-16,19H,17-18,20H2,1-5H3,(H,31,37)(H,32,36). The number of methoxy groups -OCH3 is 2. The number of ether oxygens (including phenoxy) is 2. The molecule has 1 aromatic heterocycles. The molecule has 0 bridgehead atoms. The average molecular weight is 530 g/mol. The Morgan fingerprint density at radius 1 is 0.949 bits per heavy atom. The van der Waals surface area contributed by atoms with E-state index in [4.69, 9.17) is 14.6 Å². The molecule has 0 aliphatic carbocycles. The highest BCUT2D eigenvalue weighted by Gasteiger charge is 2.23. The van der Waals surface area contributed by atoms with Crippen molar-refractivity contribution in [3.63, 3.8) is 0 Å². The minimum atomic E-state index is -0.391. The van der Waals surface area contributed by atoms with E-state index in [2.05, 4.69) is 31.4 Å². The highest BCUT2D eigenvalue weighted by molar-refractivity contribution is 6.03. The molecule has 2 N–H and O–H groups in total. The van der Waals surface area contributed by atoms with Crippen molar-refractivity contribution < 1.29 is 19.1 Å². The van der Waals surface area contributed by atoms with Gasteiger partial charge in [0.15, 0.2) is 0 Å². The van der Waals surface area contributed by atoms with Gasteiger partial charge in [-0.05, 0) is 35.7 Å². The first-order valence-corrected chi connectivity index (χ1v) is 12.8. The molecule has 0 spiro atoms. The van der Waals surface area contributed by atoms with Crippen LogP contribution in [0.4, 0.5) is 16.3 Å². The van der Waals surface area contributed by atoms with Gasteiger partial charge in [-0.25, -0.2) is 9.48 Å². The van der Waals surface area contributed by atoms with Gasteiger partial charge in [-0.2, -0.15) is 5.10 Å². The van der Waals surface area contributed by atoms with Gasteiger partial charge in [0.2, 0.25) is 5.91 Å². The fraction of sp³-hybridized carbons (Fsp3) is 0.300. The number of hydrogen-bond acceptors (Lipinski definition) is 5. The Hall–Kier alpha value is -4.37. The lowest BCUT2D eigenvalue weighted by atomic mass is 9.92. The van der Waals surface area contributed by atoms with Gasteiger partial charge in [-0.1, -0.05) is 57.2 Å². The summed E-state index contributed by atoms with van der Waals surface area (Å²) in [5, 5.41) is 12.6. The molecule has 3 amide bonds. The van der Waals surface area contributed by atoms with Gasteiger partial charge in [0.1, 0.15) is 18.1 Å². The predicted octanol–water partition coefficient (Wildman–Crippen LogP) is 5.45. The van der Waals surface area contributed by atoms with E-state index in [9.17, 15) is 9.59 Å². The zero-order valence-corrected chi connectivity index (χ0v) is 23.0. The first kappa shape index (κ1) is 27.7. The van der Waals surface area contributed by atoms with Crippen LogP contribution in [0, 0.1) is 0 Å². The number of fused-ring (bicyclic) bond motifs is 1. The van der Waals surface area contributed by atoms with Gasteiger partial charge in [0, 0.05) is 30.5 Å². The third-order valence-electron chi connectivity index (χ3n) is 6.28. The van der Waals surface area contributed by atoms with Gasteiger partial charge < -0.3 is 25.0 Å². The van der Waals surface area contributed by atoms with E-state index in [-0.39, 0.29) is 31.0 Å². The molecule has 3 aromatic carbocycles. The van der Waals surface area contributed by atoms with Crippen LogP contribution in [0.2, 0.25) is 0 Å². The maximum absolute atomic E-state index is 13.3. The largest absolute Gasteiger partial charge is 0.497 e. The van der Waals surface area contributed by atoms with Crippen molar-refractivity contribution in [3.05, 3.63) is 78.5 Å². The summed E-state index contributed by atoms with van der Waals surface area (Å²) < 4.78 is 12.2. The molecule has 0 atom stereocenters. The fourth-order valence-electron chi connectivity index (χ4n) is 4.10. The van der Waals surface area contributed by atoms with Crippen LogP contribution in [0.3, 0.4) is 0 Å². The van der Waals surface area contributed by atoms with E-state index >= 15 is 0 Å². The summed E-state index contributed by atoms with van der Waals surface area (Å²) >= 11 is 0. The number of urea groups is 1. The molecule has 204 valence electrons. The molecule has 0 fully saturated rings. The van der Waals surface area contributed by atoms with Crippen LogP contribution in [-0.4, -0.2) is 60.5 Å². The number of amides is 3. The van der Waals surface area contributed by atoms with Gasteiger partial charge in [0.05, 0.1) is 30.8 Å². The molecule has 0 aliphatic heterocycles. The first-order valence-electron chi connectivity index (χ1n) is 12.8. The molecule has 0 unspecified atom stereocenters. The van der Waals surface area contributed by atoms with Crippen LogP contribution in [0.25, 0.3) is 16.5 Å². The lowest BCUT2D eigenvalue weighted by Gasteiger charge is -2.23. The third kappa shape index (κ3) is 6.74. The van der Waals surface area contributed by atoms with E-state index < -0.39 is 6.03 Å². The van der Waals surface area contributed by atoms with E-state index in [0.29, 0.717) is 11.5 Å². The van der Waals surface area contributed by atoms with Crippen molar-refractivity contribution in [2.75, 3.05) is 44.5 Å². The molecule has 9 nitrogen and oxygen atoms in total. The van der Waals surface area contributed by atoms with E-state index in [1.807, 2.05) is 72.8 Å². The third-order valence-corrected chi connectivity index (χ3v) is 6.28. The van der Waals surface area contributed by atoms with Crippen LogP contribution in [0.5, 0.6) is 5.75 Å². The van der Waals surface area contributed by atoms with Crippen LogP contribution in [-0.2, 0) is 14.9 Å². The second-order valence-corrected chi connectivity index (χ2v) is 10.2. The number of nitrogens with zero attached hydrogens (tertiary/aromatic N) is 3. The van der Waals surface area contributed by atoms with Gasteiger partial charge >= 0.3 is 6.03 Å². The number of rotatable bonds is 9. The zero-order valence-electron chi connectivity index (χ0n) is 23.0. The van der Waals surface area contributed by atoms with Crippen molar-refractivity contribution in [1.29, 1.82) is 0 Å². The van der Waals surface area contributed by atoms with E-state index in [0.717, 1.165) is 27.9 Å². The molecule has 4 aromatic rings. The van der Waals surface area contributed by atoms with E-state index in [1.54, 1.807) is 18.9 Å². The number of aromatic nitrogens is 2. The second-order valence-electron chi connectivity index (χ2n) is 10.2. The molecule has 4 rings (SSSR count). The molecule has 0 saturated carbocycles. The van der Waals surface area contributed by atoms with Crippen LogP contribution in [0.1, 0.15) is 26.5 Å². The smallest absolute Gasteiger partial charge is 0.322 e. The molecule has 0 radical (unpaired) electrons. The van der Waals surface area contributed by atoms with Gasteiger partial charge in [0.25, 0.3) is 0 Å². The maximum Gasteiger partial charge on any atom is 0.322 e. The summed E-state index contributed by atoms with van der Waals surface area (Å²) in [5.41, 5.74) is 2.03. The second kappa shape index (κ2) is 12.0. The fourth-order valence-corrected chi connectivity index (χ4v) is 4.10. The Labute approximate surface area is 228 Å². The predicted molar refractivity (Wildman–Crippen MR) is 154 cm³/mol. The van der Waals surface area contributed by atoms with Crippen LogP contribution < -0.4 is 15.4 Å². The van der Waals surface area contributed by atoms with Crippen molar-refractivity contribution in [3.8, 4) is 11.4 Å². The van der Waals surface area contributed by atoms with E-state index in [1.165, 1.54) is 4.90 Å². The number of nitrogens with one attached hydrogen (secondary N) is 2. The maximum atomic E-state index is 13.3. The summed E-state index contributed by atoms with van der Waals surface area (Å²) in [4.78, 5) is 28.0. The van der Waals surface area contributed by atoms with Crippen molar-refractivity contribution in [1.82, 2.24) is 14.7 Å². The Kier molecular flexibility index (Phi) is 8.51. The quantitative estimate of drug-likeness (QED) is 0.300. The lowest BCUT2D eigenvalue weighted by molar-refractivity contribution is -0.116. The summed E-state index contributed by atoms with van der Waals surface area (Å²) in [7, 11) is 3.17. The molecule has 0 saturated heterocycles. The minimum Gasteiger partial charge on any atom is -0.497 e. The minimum absolute atomic E-state index is 0.168. The Morgan fingerprint density at radius 3 is 2.36 bits per heavy atom. The van der Waals surface area contributed by atoms with Crippen molar-refractivity contribution in [2.45, 2.75) is 26.2 Å². The average Bonchev–Trinajstić information content (AvgIpc) is 3.35. The highest BCUT2D eigenvalue weighted by Crippen LogP contribution is 2.27. The molecule has 39 heavy (non-hydrogen) atoms. The van der Waals surface area contributed by atoms with Crippen LogP contribution in [0.15, 0.2) is 72.8 Å². The van der Waals surface area contributed by atoms with Gasteiger partial charge in [-0.15, -0.1) is 0 Å². The lowest BCUT2D eigenvalue weighted by Crippen LogP contribution is -2.42. The van der Waals surface area contributed by atoms with Crippen molar-refractivity contribution in [2.24, 2.45) is 0 Å². The highest BCUT2D eigenvalue weighted by atomic mass is 16.5. The Bertz CT molecular complexity index is 1430. The Balaban J connectivity index is 1.55. The van der Waals surface area contributed by atoms with Crippen LogP contribution >= 0.6 is 0 Å². The molecule has 1 heterocycles. The zero-order chi connectivity index (χ0) is 28.0. The van der Waals surface area contributed by atoms with Gasteiger partial charge in [-0.3, -0.25) is 4.79 Å². The number of benzene rings is 3. The molecule has 0 aliphatic rings. The number of hydrogen-bond donors (Lipinski definition) is 2. The molecule has 9 heteroatoms. The summed E-state index contributed by atoms with van der Waals surface area (Å²) in [6, 6.07) is 22.4. The SMILES string of the molecule is COCCN(CC(=O)Nc1cc(C(C)(C)C)nn1-c1ccc(OC)cc1)C(=O)Nc1cccc2ccccc12. The normalized spacial score (nSPS) is 11.3.